The monoisotopic (exact) mass is 350 g/mol. The van der Waals surface area contributed by atoms with Crippen LogP contribution < -0.4 is 14.2 Å². The number of alkyl halides is 2. The van der Waals surface area contributed by atoms with Crippen LogP contribution in [0.3, 0.4) is 0 Å². The van der Waals surface area contributed by atoms with Crippen molar-refractivity contribution in [3.63, 3.8) is 0 Å². The van der Waals surface area contributed by atoms with E-state index in [-0.39, 0.29) is 36.4 Å². The summed E-state index contributed by atoms with van der Waals surface area (Å²) in [5.74, 6) is -0.229. The van der Waals surface area contributed by atoms with Crippen molar-refractivity contribution in [1.82, 2.24) is 0 Å². The molecule has 1 heterocycles. The van der Waals surface area contributed by atoms with Gasteiger partial charge in [0, 0.05) is 11.1 Å². The van der Waals surface area contributed by atoms with Crippen molar-refractivity contribution in [2.24, 2.45) is 0 Å². The number of benzene rings is 2. The Kier molecular flexibility index (Phi) is 4.74. The Balaban J connectivity index is 2.14. The van der Waals surface area contributed by atoms with E-state index in [1.807, 2.05) is 0 Å². The molecule has 0 atom stereocenters. The number of fused-ring (bicyclic) bond motifs is 1. The fraction of sp³-hybridized carbons (Fsp3) is 0.278. The van der Waals surface area contributed by atoms with E-state index in [4.69, 9.17) is 14.2 Å². The highest BCUT2D eigenvalue weighted by molar-refractivity contribution is 5.94. The first-order valence-corrected chi connectivity index (χ1v) is 7.64. The van der Waals surface area contributed by atoms with Crippen LogP contribution in [0.25, 0.3) is 11.1 Å². The van der Waals surface area contributed by atoms with Gasteiger partial charge in [0.2, 0.25) is 5.75 Å². The van der Waals surface area contributed by atoms with E-state index in [1.165, 1.54) is 13.2 Å². The van der Waals surface area contributed by atoms with Gasteiger partial charge in [0.25, 0.3) is 0 Å². The summed E-state index contributed by atoms with van der Waals surface area (Å²) in [4.78, 5) is 11.6. The van der Waals surface area contributed by atoms with E-state index >= 15 is 0 Å². The van der Waals surface area contributed by atoms with Gasteiger partial charge in [-0.05, 0) is 36.8 Å². The fourth-order valence-electron chi connectivity index (χ4n) is 2.72. The summed E-state index contributed by atoms with van der Waals surface area (Å²) in [5, 5.41) is 0. The molecule has 0 spiro atoms. The van der Waals surface area contributed by atoms with Crippen LogP contribution in [0.4, 0.5) is 8.78 Å². The first kappa shape index (κ1) is 17.0. The molecular formula is C18H16F2O5. The van der Waals surface area contributed by atoms with Crippen LogP contribution in [-0.4, -0.2) is 26.3 Å². The maximum atomic E-state index is 12.8. The van der Waals surface area contributed by atoms with E-state index < -0.39 is 6.61 Å². The van der Waals surface area contributed by atoms with Crippen LogP contribution in [0.1, 0.15) is 22.8 Å². The SMILES string of the molecule is CCOc1c(-c2ccc3c(c2)COC3=O)ccc(OC)c1OC(F)F. The highest BCUT2D eigenvalue weighted by Gasteiger charge is 2.24. The molecule has 0 aromatic heterocycles. The molecule has 0 unspecified atom stereocenters. The normalized spacial score (nSPS) is 12.8. The largest absolute Gasteiger partial charge is 0.493 e. The maximum Gasteiger partial charge on any atom is 0.387 e. The Bertz CT molecular complexity index is 804. The summed E-state index contributed by atoms with van der Waals surface area (Å²) in [6.45, 7) is -0.839. The first-order chi connectivity index (χ1) is 12.0. The highest BCUT2D eigenvalue weighted by atomic mass is 19.3. The van der Waals surface area contributed by atoms with Crippen LogP contribution >= 0.6 is 0 Å². The van der Waals surface area contributed by atoms with Gasteiger partial charge < -0.3 is 18.9 Å². The Morgan fingerprint density at radius 2 is 1.92 bits per heavy atom. The molecular weight excluding hydrogens is 334 g/mol. The number of hydrogen-bond acceptors (Lipinski definition) is 5. The third kappa shape index (κ3) is 3.22. The Labute approximate surface area is 143 Å². The van der Waals surface area contributed by atoms with Crippen molar-refractivity contribution in [2.75, 3.05) is 13.7 Å². The zero-order valence-corrected chi connectivity index (χ0v) is 13.7. The minimum Gasteiger partial charge on any atom is -0.493 e. The van der Waals surface area contributed by atoms with Crippen LogP contribution in [0, 0.1) is 0 Å². The van der Waals surface area contributed by atoms with Gasteiger partial charge in [0.15, 0.2) is 11.5 Å². The number of carbonyl (C=O) groups is 1. The molecule has 5 nitrogen and oxygen atoms in total. The molecule has 7 heteroatoms. The maximum absolute atomic E-state index is 12.8. The average Bonchev–Trinajstić information content (AvgIpc) is 2.96. The molecule has 0 fully saturated rings. The fourth-order valence-corrected chi connectivity index (χ4v) is 2.72. The van der Waals surface area contributed by atoms with Crippen molar-refractivity contribution < 1.29 is 32.5 Å². The van der Waals surface area contributed by atoms with Gasteiger partial charge in [-0.15, -0.1) is 0 Å². The molecule has 2 aromatic carbocycles. The summed E-state index contributed by atoms with van der Waals surface area (Å²) in [7, 11) is 1.36. The molecule has 1 aliphatic rings. The molecule has 0 saturated heterocycles. The van der Waals surface area contributed by atoms with Crippen molar-refractivity contribution in [1.29, 1.82) is 0 Å². The van der Waals surface area contributed by atoms with Crippen LogP contribution in [0.2, 0.25) is 0 Å². The highest BCUT2D eigenvalue weighted by Crippen LogP contribution is 2.45. The zero-order chi connectivity index (χ0) is 18.0. The second-order valence-electron chi connectivity index (χ2n) is 5.23. The molecule has 132 valence electrons. The van der Waals surface area contributed by atoms with Crippen molar-refractivity contribution in [2.45, 2.75) is 20.1 Å². The summed E-state index contributed by atoms with van der Waals surface area (Å²) in [6.07, 6.45) is 0. The van der Waals surface area contributed by atoms with Crippen molar-refractivity contribution in [3.8, 4) is 28.4 Å². The standard InChI is InChI=1S/C18H16F2O5/c1-3-23-15-12(6-7-14(22-2)16(15)25-18(19)20)10-4-5-13-11(8-10)9-24-17(13)21/h4-8,18H,3,9H2,1-2H3. The van der Waals surface area contributed by atoms with E-state index in [1.54, 1.807) is 31.2 Å². The molecule has 1 aliphatic heterocycles. The Morgan fingerprint density at radius 3 is 2.60 bits per heavy atom. The van der Waals surface area contributed by atoms with Gasteiger partial charge in [0.05, 0.1) is 19.3 Å². The Morgan fingerprint density at radius 1 is 1.16 bits per heavy atom. The number of rotatable bonds is 6. The summed E-state index contributed by atoms with van der Waals surface area (Å²) >= 11 is 0. The number of ether oxygens (including phenoxy) is 4. The van der Waals surface area contributed by atoms with Crippen LogP contribution in [0.15, 0.2) is 30.3 Å². The first-order valence-electron chi connectivity index (χ1n) is 7.64. The molecule has 0 radical (unpaired) electrons. The summed E-state index contributed by atoms with van der Waals surface area (Å²) in [5.41, 5.74) is 2.49. The minimum atomic E-state index is -3.02. The van der Waals surface area contributed by atoms with Gasteiger partial charge in [-0.1, -0.05) is 6.07 Å². The van der Waals surface area contributed by atoms with Gasteiger partial charge in [-0.25, -0.2) is 4.79 Å². The van der Waals surface area contributed by atoms with Crippen LogP contribution in [0.5, 0.6) is 17.2 Å². The molecule has 3 rings (SSSR count). The summed E-state index contributed by atoms with van der Waals surface area (Å²) < 4.78 is 46.0. The molecule has 2 aromatic rings. The second-order valence-corrected chi connectivity index (χ2v) is 5.23. The lowest BCUT2D eigenvalue weighted by Crippen LogP contribution is -2.07. The van der Waals surface area contributed by atoms with E-state index in [2.05, 4.69) is 4.74 Å². The van der Waals surface area contributed by atoms with E-state index in [0.29, 0.717) is 16.7 Å². The molecule has 0 bridgehead atoms. The number of esters is 1. The smallest absolute Gasteiger partial charge is 0.387 e. The molecule has 0 saturated carbocycles. The van der Waals surface area contributed by atoms with Gasteiger partial charge >= 0.3 is 12.6 Å². The average molecular weight is 350 g/mol. The third-order valence-corrected chi connectivity index (χ3v) is 3.79. The van der Waals surface area contributed by atoms with Gasteiger partial charge in [-0.3, -0.25) is 0 Å². The number of halogens is 2. The van der Waals surface area contributed by atoms with E-state index in [9.17, 15) is 13.6 Å². The van der Waals surface area contributed by atoms with Gasteiger partial charge in [0.1, 0.15) is 6.61 Å². The number of hydrogen-bond donors (Lipinski definition) is 0. The molecule has 0 N–H and O–H groups in total. The second kappa shape index (κ2) is 6.96. The molecule has 25 heavy (non-hydrogen) atoms. The Hall–Kier alpha value is -2.83. The lowest BCUT2D eigenvalue weighted by Gasteiger charge is -2.18. The minimum absolute atomic E-state index is 0.146. The molecule has 0 aliphatic carbocycles. The predicted molar refractivity (Wildman–Crippen MR) is 85.4 cm³/mol. The van der Waals surface area contributed by atoms with E-state index in [0.717, 1.165) is 5.56 Å². The van der Waals surface area contributed by atoms with Crippen LogP contribution in [-0.2, 0) is 11.3 Å². The summed E-state index contributed by atoms with van der Waals surface area (Å²) in [6, 6.07) is 8.36. The number of cyclic esters (lactones) is 1. The quantitative estimate of drug-likeness (QED) is 0.736. The lowest BCUT2D eigenvalue weighted by molar-refractivity contribution is -0.0527. The molecule has 0 amide bonds. The van der Waals surface area contributed by atoms with Crippen molar-refractivity contribution in [3.05, 3.63) is 41.5 Å². The zero-order valence-electron chi connectivity index (χ0n) is 13.7. The lowest BCUT2D eigenvalue weighted by atomic mass is 9.99. The topological polar surface area (TPSA) is 54.0 Å². The number of carbonyl (C=O) groups excluding carboxylic acids is 1. The van der Waals surface area contributed by atoms with Gasteiger partial charge in [-0.2, -0.15) is 8.78 Å². The third-order valence-electron chi connectivity index (χ3n) is 3.79. The predicted octanol–water partition coefficient (Wildman–Crippen LogP) is 4.03. The van der Waals surface area contributed by atoms with Crippen molar-refractivity contribution >= 4 is 5.97 Å². The number of methoxy groups -OCH3 is 1.